The SMILES string of the molecule is CCCNC[C@]1(O)[C@H](C)O[C@@H](O[C@H]2[C@H](C)[C@@H](O[C@@H]3O[C@H](C)C[C@H](NC)[C@H]3Oc3ccc4ncccc4c3)[C@](C)(O)C[C@@H](C)CN[C@H](C)[C@@H](O)[C@](C)(O)[C@@H](CC)OC(=O)[C@@H]2C)C[C@@]1(C)OC. The monoisotopic (exact) mass is 919 g/mol. The van der Waals surface area contributed by atoms with Crippen molar-refractivity contribution < 1.29 is 58.4 Å². The molecule has 65 heavy (non-hydrogen) atoms. The molecule has 0 unspecified atom stereocenters. The van der Waals surface area contributed by atoms with E-state index in [4.69, 9.17) is 33.2 Å². The second-order valence-electron chi connectivity index (χ2n) is 20.0. The summed E-state index contributed by atoms with van der Waals surface area (Å²) < 4.78 is 46.3. The molecule has 16 heteroatoms. The van der Waals surface area contributed by atoms with Gasteiger partial charge in [-0.05, 0) is 124 Å². The fourth-order valence-electron chi connectivity index (χ4n) is 10.4. The molecule has 16 nitrogen and oxygen atoms in total. The molecule has 3 aliphatic rings. The molecule has 7 N–H and O–H groups in total. The molecule has 0 spiro atoms. The summed E-state index contributed by atoms with van der Waals surface area (Å²) in [5.74, 6) is -2.09. The summed E-state index contributed by atoms with van der Waals surface area (Å²) in [4.78, 5) is 19.1. The Morgan fingerprint density at radius 3 is 2.35 bits per heavy atom. The minimum absolute atomic E-state index is 0.0917. The number of carbonyl (C=O) groups excluding carboxylic acids is 1. The van der Waals surface area contributed by atoms with E-state index in [2.05, 4.69) is 20.9 Å². The van der Waals surface area contributed by atoms with Gasteiger partial charge in [0.1, 0.15) is 34.8 Å². The van der Waals surface area contributed by atoms with Crippen molar-refractivity contribution in [2.24, 2.45) is 17.8 Å². The van der Waals surface area contributed by atoms with Gasteiger partial charge >= 0.3 is 5.97 Å². The maximum atomic E-state index is 14.6. The Bertz CT molecular complexity index is 1820. The van der Waals surface area contributed by atoms with Crippen LogP contribution in [0.3, 0.4) is 0 Å². The minimum Gasteiger partial charge on any atom is -0.483 e. The third-order valence-corrected chi connectivity index (χ3v) is 14.6. The number of hydrogen-bond donors (Lipinski definition) is 7. The first-order valence-corrected chi connectivity index (χ1v) is 23.9. The van der Waals surface area contributed by atoms with Crippen molar-refractivity contribution in [3.63, 3.8) is 0 Å². The highest BCUT2D eigenvalue weighted by Crippen LogP contribution is 2.43. The number of benzene rings is 1. The van der Waals surface area contributed by atoms with Crippen LogP contribution in [-0.2, 0) is 33.2 Å². The van der Waals surface area contributed by atoms with Gasteiger partial charge in [0.25, 0.3) is 0 Å². The lowest BCUT2D eigenvalue weighted by Crippen LogP contribution is -2.70. The molecule has 2 aromatic rings. The molecule has 1 aromatic carbocycles. The molecule has 0 amide bonds. The number of hydrogen-bond acceptors (Lipinski definition) is 16. The van der Waals surface area contributed by atoms with Gasteiger partial charge in [0, 0.05) is 43.6 Å². The molecule has 0 bridgehead atoms. The van der Waals surface area contributed by atoms with Crippen molar-refractivity contribution in [2.45, 2.75) is 198 Å². The van der Waals surface area contributed by atoms with Gasteiger partial charge in [0.2, 0.25) is 0 Å². The summed E-state index contributed by atoms with van der Waals surface area (Å²) in [5.41, 5.74) is -5.18. The van der Waals surface area contributed by atoms with E-state index in [1.54, 1.807) is 47.9 Å². The Morgan fingerprint density at radius 2 is 1.69 bits per heavy atom. The summed E-state index contributed by atoms with van der Waals surface area (Å²) in [5, 5.41) is 59.4. The van der Waals surface area contributed by atoms with E-state index in [9.17, 15) is 25.2 Å². The summed E-state index contributed by atoms with van der Waals surface area (Å²) in [6.07, 6.45) is -4.49. The number of aliphatic hydroxyl groups is 4. The molecule has 18 atom stereocenters. The molecule has 3 fully saturated rings. The van der Waals surface area contributed by atoms with Gasteiger partial charge in [-0.3, -0.25) is 9.78 Å². The largest absolute Gasteiger partial charge is 0.483 e. The maximum absolute atomic E-state index is 14.6. The molecule has 0 saturated carbocycles. The zero-order chi connectivity index (χ0) is 48.1. The van der Waals surface area contributed by atoms with Gasteiger partial charge in [-0.25, -0.2) is 0 Å². The number of rotatable bonds is 13. The fraction of sp³-hybridized carbons (Fsp3) is 0.796. The number of nitrogens with one attached hydrogen (secondary N) is 3. The molecule has 4 heterocycles. The van der Waals surface area contributed by atoms with Crippen LogP contribution in [0.1, 0.15) is 108 Å². The Morgan fingerprint density at radius 1 is 0.969 bits per heavy atom. The van der Waals surface area contributed by atoms with Crippen LogP contribution in [-0.4, -0.2) is 155 Å². The second-order valence-corrected chi connectivity index (χ2v) is 20.0. The molecule has 3 aliphatic heterocycles. The minimum atomic E-state index is -1.83. The topological polar surface area (TPSA) is 212 Å². The number of fused-ring (bicyclic) bond motifs is 1. The Balaban J connectivity index is 1.60. The maximum Gasteiger partial charge on any atom is 0.311 e. The van der Waals surface area contributed by atoms with Crippen LogP contribution in [0, 0.1) is 17.8 Å². The zero-order valence-corrected chi connectivity index (χ0v) is 41.2. The average molecular weight is 919 g/mol. The van der Waals surface area contributed by atoms with Crippen LogP contribution in [0.15, 0.2) is 36.5 Å². The number of pyridine rings is 1. The van der Waals surface area contributed by atoms with Crippen LogP contribution in [0.4, 0.5) is 0 Å². The number of methoxy groups -OCH3 is 1. The first-order valence-electron chi connectivity index (χ1n) is 23.9. The van der Waals surface area contributed by atoms with E-state index >= 15 is 0 Å². The van der Waals surface area contributed by atoms with E-state index < -0.39 is 95.5 Å². The molecule has 3 saturated heterocycles. The fourth-order valence-corrected chi connectivity index (χ4v) is 10.4. The predicted octanol–water partition coefficient (Wildman–Crippen LogP) is 4.22. The van der Waals surface area contributed by atoms with Crippen molar-refractivity contribution in [3.05, 3.63) is 36.5 Å². The van der Waals surface area contributed by atoms with Gasteiger partial charge in [-0.1, -0.05) is 33.8 Å². The standard InChI is InChI=1S/C49H82N4O12/c1-14-20-51-27-49(58)33(8)61-39(25-47(49,10)59-13)64-40-30(5)43(46(9,56)24-28(3)26-53-32(7)42(54)48(11,57)38(15-2)63-44(55)31(40)6)65-45-41(37(50-12)22-29(4)60-45)62-35-18-19-36-34(23-35)17-16-21-52-36/h16-19,21,23,28-33,37-43,45,50-51,53-54,56-58H,14-15,20,22,24-27H2,1-13H3/t28-,29-,30+,31-,32-,33+,37+,38-,39+,40+,41-,42-,43-,45+,46-,47-,48-,49+/m1/s1. The van der Waals surface area contributed by atoms with Crippen molar-refractivity contribution in [2.75, 3.05) is 33.8 Å². The first kappa shape index (κ1) is 53.4. The number of likely N-dealkylation sites (N-methyl/N-ethyl adjacent to an activating group) is 1. The predicted molar refractivity (Wildman–Crippen MR) is 247 cm³/mol. The van der Waals surface area contributed by atoms with Gasteiger partial charge in [-0.15, -0.1) is 0 Å². The Kier molecular flexibility index (Phi) is 18.3. The number of carbonyl (C=O) groups is 1. The smallest absolute Gasteiger partial charge is 0.311 e. The molecular formula is C49H82N4O12. The van der Waals surface area contributed by atoms with Crippen LogP contribution in [0.5, 0.6) is 5.75 Å². The normalized spacial score (nSPS) is 42.8. The highest BCUT2D eigenvalue weighted by atomic mass is 16.7. The number of aromatic nitrogens is 1. The average Bonchev–Trinajstić information content (AvgIpc) is 3.26. The zero-order valence-electron chi connectivity index (χ0n) is 41.2. The lowest BCUT2D eigenvalue weighted by atomic mass is 9.75. The van der Waals surface area contributed by atoms with E-state index in [1.165, 1.54) is 6.92 Å². The summed E-state index contributed by atoms with van der Waals surface area (Å²) >= 11 is 0. The van der Waals surface area contributed by atoms with Gasteiger partial charge < -0.3 is 69.5 Å². The van der Waals surface area contributed by atoms with Gasteiger partial charge in [0.05, 0.1) is 47.5 Å². The highest BCUT2D eigenvalue weighted by molar-refractivity contribution is 5.79. The van der Waals surface area contributed by atoms with Crippen LogP contribution >= 0.6 is 0 Å². The molecule has 0 radical (unpaired) electrons. The molecule has 1 aromatic heterocycles. The molecule has 370 valence electrons. The third-order valence-electron chi connectivity index (χ3n) is 14.6. The molecule has 0 aliphatic carbocycles. The molecule has 5 rings (SSSR count). The summed E-state index contributed by atoms with van der Waals surface area (Å²) in [7, 11) is 3.42. The lowest BCUT2D eigenvalue weighted by molar-refractivity contribution is -0.335. The Labute approximate surface area is 387 Å². The van der Waals surface area contributed by atoms with Crippen LogP contribution in [0.2, 0.25) is 0 Å². The Hall–Kier alpha value is -2.58. The third kappa shape index (κ3) is 12.0. The van der Waals surface area contributed by atoms with E-state index in [1.807, 2.05) is 72.0 Å². The van der Waals surface area contributed by atoms with E-state index in [0.29, 0.717) is 25.3 Å². The van der Waals surface area contributed by atoms with Crippen LogP contribution < -0.4 is 20.7 Å². The lowest BCUT2D eigenvalue weighted by Gasteiger charge is -2.53. The summed E-state index contributed by atoms with van der Waals surface area (Å²) in [6, 6.07) is 8.71. The van der Waals surface area contributed by atoms with Crippen molar-refractivity contribution in [1.82, 2.24) is 20.9 Å². The highest BCUT2D eigenvalue weighted by Gasteiger charge is 2.58. The van der Waals surface area contributed by atoms with E-state index in [-0.39, 0.29) is 43.9 Å². The molecular weight excluding hydrogens is 837 g/mol. The quantitative estimate of drug-likeness (QED) is 0.111. The van der Waals surface area contributed by atoms with Crippen LogP contribution in [0.25, 0.3) is 10.9 Å². The summed E-state index contributed by atoms with van der Waals surface area (Å²) in [6.45, 7) is 21.2. The number of aliphatic hydroxyl groups excluding tert-OH is 1. The second kappa shape index (κ2) is 22.2. The van der Waals surface area contributed by atoms with Crippen molar-refractivity contribution >= 4 is 16.9 Å². The van der Waals surface area contributed by atoms with Crippen molar-refractivity contribution in [1.29, 1.82) is 0 Å². The number of nitrogens with zero attached hydrogens (tertiary/aromatic N) is 1. The van der Waals surface area contributed by atoms with Gasteiger partial charge in [0.15, 0.2) is 18.7 Å². The first-order chi connectivity index (χ1) is 30.5. The van der Waals surface area contributed by atoms with E-state index in [0.717, 1.165) is 17.3 Å². The number of cyclic esters (lactones) is 1. The number of esters is 1. The van der Waals surface area contributed by atoms with Gasteiger partial charge in [-0.2, -0.15) is 0 Å². The number of ether oxygens (including phenoxy) is 7. The van der Waals surface area contributed by atoms with Crippen molar-refractivity contribution in [3.8, 4) is 5.75 Å².